The SMILES string of the molecule is COc1ccc(CN(C)C(=O)c2cccc(N(C)C)c2)cc1OC. The van der Waals surface area contributed by atoms with Crippen LogP contribution in [0.4, 0.5) is 5.69 Å². The molecule has 24 heavy (non-hydrogen) atoms. The highest BCUT2D eigenvalue weighted by atomic mass is 16.5. The Hall–Kier alpha value is -2.69. The first kappa shape index (κ1) is 17.7. The number of nitrogens with zero attached hydrogens (tertiary/aromatic N) is 2. The lowest BCUT2D eigenvalue weighted by Gasteiger charge is -2.20. The number of anilines is 1. The third-order valence-electron chi connectivity index (χ3n) is 3.82. The molecule has 5 heteroatoms. The van der Waals surface area contributed by atoms with Crippen LogP contribution >= 0.6 is 0 Å². The molecule has 2 aromatic carbocycles. The van der Waals surface area contributed by atoms with Crippen LogP contribution < -0.4 is 14.4 Å². The fraction of sp³-hybridized carbons (Fsp3) is 0.316. The van der Waals surface area contributed by atoms with E-state index in [0.717, 1.165) is 11.3 Å². The van der Waals surface area contributed by atoms with Crippen LogP contribution in [0, 0.1) is 0 Å². The van der Waals surface area contributed by atoms with E-state index in [-0.39, 0.29) is 5.91 Å². The van der Waals surface area contributed by atoms with Gasteiger partial charge in [0.05, 0.1) is 14.2 Å². The van der Waals surface area contributed by atoms with Crippen molar-refractivity contribution in [2.24, 2.45) is 0 Å². The van der Waals surface area contributed by atoms with Gasteiger partial charge in [0.15, 0.2) is 11.5 Å². The van der Waals surface area contributed by atoms with Gasteiger partial charge >= 0.3 is 0 Å². The summed E-state index contributed by atoms with van der Waals surface area (Å²) < 4.78 is 10.6. The molecule has 0 aliphatic carbocycles. The number of carbonyl (C=O) groups is 1. The van der Waals surface area contributed by atoms with Crippen molar-refractivity contribution in [2.75, 3.05) is 40.3 Å². The first-order valence-electron chi connectivity index (χ1n) is 7.70. The monoisotopic (exact) mass is 328 g/mol. The number of ether oxygens (including phenoxy) is 2. The van der Waals surface area contributed by atoms with Crippen LogP contribution in [0.1, 0.15) is 15.9 Å². The molecule has 1 amide bonds. The number of carbonyl (C=O) groups excluding carboxylic acids is 1. The molecule has 0 saturated heterocycles. The summed E-state index contributed by atoms with van der Waals surface area (Å²) in [5.74, 6) is 1.31. The summed E-state index contributed by atoms with van der Waals surface area (Å²) in [6, 6.07) is 13.3. The van der Waals surface area contributed by atoms with Crippen molar-refractivity contribution in [1.82, 2.24) is 4.90 Å². The molecule has 0 aliphatic heterocycles. The van der Waals surface area contributed by atoms with E-state index < -0.39 is 0 Å². The number of methoxy groups -OCH3 is 2. The van der Waals surface area contributed by atoms with Crippen molar-refractivity contribution >= 4 is 11.6 Å². The predicted molar refractivity (Wildman–Crippen MR) is 96.1 cm³/mol. The van der Waals surface area contributed by atoms with E-state index in [1.165, 1.54) is 0 Å². The lowest BCUT2D eigenvalue weighted by atomic mass is 10.1. The minimum atomic E-state index is -0.0199. The zero-order chi connectivity index (χ0) is 17.7. The Labute approximate surface area is 143 Å². The zero-order valence-corrected chi connectivity index (χ0v) is 14.9. The molecule has 0 spiro atoms. The molecular weight excluding hydrogens is 304 g/mol. The van der Waals surface area contributed by atoms with Crippen molar-refractivity contribution in [1.29, 1.82) is 0 Å². The van der Waals surface area contributed by atoms with Crippen molar-refractivity contribution in [3.63, 3.8) is 0 Å². The van der Waals surface area contributed by atoms with Crippen molar-refractivity contribution < 1.29 is 14.3 Å². The molecule has 2 aromatic rings. The quantitative estimate of drug-likeness (QED) is 0.817. The van der Waals surface area contributed by atoms with Gasteiger partial charge in [-0.3, -0.25) is 4.79 Å². The number of hydrogen-bond donors (Lipinski definition) is 0. The van der Waals surface area contributed by atoms with Gasteiger partial charge in [-0.15, -0.1) is 0 Å². The Morgan fingerprint density at radius 3 is 2.29 bits per heavy atom. The van der Waals surface area contributed by atoms with E-state index in [4.69, 9.17) is 9.47 Å². The number of hydrogen-bond acceptors (Lipinski definition) is 4. The van der Waals surface area contributed by atoms with Gasteiger partial charge in [-0.2, -0.15) is 0 Å². The zero-order valence-electron chi connectivity index (χ0n) is 14.9. The molecule has 0 fully saturated rings. The average molecular weight is 328 g/mol. The van der Waals surface area contributed by atoms with Crippen LogP contribution in [0.15, 0.2) is 42.5 Å². The normalized spacial score (nSPS) is 10.2. The Balaban J connectivity index is 2.16. The Kier molecular flexibility index (Phi) is 5.68. The van der Waals surface area contributed by atoms with Crippen molar-refractivity contribution in [3.8, 4) is 11.5 Å². The maximum atomic E-state index is 12.7. The maximum Gasteiger partial charge on any atom is 0.253 e. The molecule has 128 valence electrons. The summed E-state index contributed by atoms with van der Waals surface area (Å²) in [6.45, 7) is 0.491. The summed E-state index contributed by atoms with van der Waals surface area (Å²) >= 11 is 0. The second-order valence-electron chi connectivity index (χ2n) is 5.80. The molecule has 0 atom stereocenters. The van der Waals surface area contributed by atoms with E-state index in [2.05, 4.69) is 0 Å². The van der Waals surface area contributed by atoms with Crippen LogP contribution in [-0.2, 0) is 6.54 Å². The van der Waals surface area contributed by atoms with E-state index in [0.29, 0.717) is 23.6 Å². The van der Waals surface area contributed by atoms with Crippen LogP contribution in [0.5, 0.6) is 11.5 Å². The minimum Gasteiger partial charge on any atom is -0.493 e. The van der Waals surface area contributed by atoms with Crippen LogP contribution in [0.2, 0.25) is 0 Å². The molecule has 0 N–H and O–H groups in total. The van der Waals surface area contributed by atoms with Gasteiger partial charge in [0, 0.05) is 38.9 Å². The highest BCUT2D eigenvalue weighted by Crippen LogP contribution is 2.28. The highest BCUT2D eigenvalue weighted by molar-refractivity contribution is 5.95. The smallest absolute Gasteiger partial charge is 0.253 e. The number of rotatable bonds is 6. The average Bonchev–Trinajstić information content (AvgIpc) is 2.60. The standard InChI is InChI=1S/C19H24N2O3/c1-20(2)16-8-6-7-15(12-16)19(22)21(3)13-14-9-10-17(23-4)18(11-14)24-5/h6-12H,13H2,1-5H3. The first-order chi connectivity index (χ1) is 11.5. The van der Waals surface area contributed by atoms with E-state index >= 15 is 0 Å². The van der Waals surface area contributed by atoms with Gasteiger partial charge in [0.1, 0.15) is 0 Å². The van der Waals surface area contributed by atoms with Crippen LogP contribution in [-0.4, -0.2) is 46.2 Å². The number of amides is 1. The lowest BCUT2D eigenvalue weighted by molar-refractivity contribution is 0.0785. The fourth-order valence-electron chi connectivity index (χ4n) is 2.46. The molecule has 0 aromatic heterocycles. The van der Waals surface area contributed by atoms with Crippen LogP contribution in [0.25, 0.3) is 0 Å². The van der Waals surface area contributed by atoms with Crippen molar-refractivity contribution in [2.45, 2.75) is 6.54 Å². The second kappa shape index (κ2) is 7.73. The predicted octanol–water partition coefficient (Wildman–Crippen LogP) is 3.04. The molecule has 2 rings (SSSR count). The van der Waals surface area contributed by atoms with Gasteiger partial charge in [0.25, 0.3) is 5.91 Å². The second-order valence-corrected chi connectivity index (χ2v) is 5.80. The van der Waals surface area contributed by atoms with Gasteiger partial charge in [-0.05, 0) is 35.9 Å². The molecule has 0 unspecified atom stereocenters. The summed E-state index contributed by atoms with van der Waals surface area (Å²) in [6.07, 6.45) is 0. The molecule has 0 saturated carbocycles. The summed E-state index contributed by atoms with van der Waals surface area (Å²) in [4.78, 5) is 16.3. The largest absolute Gasteiger partial charge is 0.493 e. The Bertz CT molecular complexity index is 714. The van der Waals surface area contributed by atoms with Gasteiger partial charge in [-0.1, -0.05) is 12.1 Å². The third kappa shape index (κ3) is 3.98. The summed E-state index contributed by atoms with van der Waals surface area (Å²) in [5, 5.41) is 0. The topological polar surface area (TPSA) is 42.0 Å². The van der Waals surface area contributed by atoms with E-state index in [1.54, 1.807) is 26.2 Å². The third-order valence-corrected chi connectivity index (χ3v) is 3.82. The van der Waals surface area contributed by atoms with Crippen LogP contribution in [0.3, 0.4) is 0 Å². The molecule has 0 aliphatic rings. The minimum absolute atomic E-state index is 0.0199. The van der Waals surface area contributed by atoms with Gasteiger partial charge in [-0.25, -0.2) is 0 Å². The number of benzene rings is 2. The molecular formula is C19H24N2O3. The lowest BCUT2D eigenvalue weighted by Crippen LogP contribution is -2.26. The van der Waals surface area contributed by atoms with E-state index in [9.17, 15) is 4.79 Å². The Morgan fingerprint density at radius 2 is 1.67 bits per heavy atom. The first-order valence-corrected chi connectivity index (χ1v) is 7.70. The Morgan fingerprint density at radius 1 is 0.958 bits per heavy atom. The maximum absolute atomic E-state index is 12.7. The molecule has 0 bridgehead atoms. The van der Waals surface area contributed by atoms with E-state index in [1.807, 2.05) is 61.5 Å². The van der Waals surface area contributed by atoms with Crippen molar-refractivity contribution in [3.05, 3.63) is 53.6 Å². The molecule has 5 nitrogen and oxygen atoms in total. The van der Waals surface area contributed by atoms with Gasteiger partial charge in [0.2, 0.25) is 0 Å². The highest BCUT2D eigenvalue weighted by Gasteiger charge is 2.14. The van der Waals surface area contributed by atoms with Gasteiger partial charge < -0.3 is 19.3 Å². The molecule has 0 radical (unpaired) electrons. The summed E-state index contributed by atoms with van der Waals surface area (Å²) in [5.41, 5.74) is 2.65. The molecule has 0 heterocycles. The fourth-order valence-corrected chi connectivity index (χ4v) is 2.46. The summed E-state index contributed by atoms with van der Waals surface area (Å²) in [7, 11) is 8.91.